The summed E-state index contributed by atoms with van der Waals surface area (Å²) in [6.45, 7) is 3.65. The van der Waals surface area contributed by atoms with E-state index in [0.717, 1.165) is 31.4 Å². The van der Waals surface area contributed by atoms with E-state index >= 15 is 0 Å². The van der Waals surface area contributed by atoms with Crippen LogP contribution in [0.5, 0.6) is 0 Å². The number of β-amino-alcohol motifs (C(OH)–C–C–N with tert-alkyl or cyclic N) is 1. The highest BCUT2D eigenvalue weighted by Crippen LogP contribution is 2.36. The fourth-order valence-corrected chi connectivity index (χ4v) is 5.03. The fourth-order valence-electron chi connectivity index (χ4n) is 5.03. The molecule has 2 aliphatic rings. The molecule has 0 unspecified atom stereocenters. The molecule has 0 fully saturated rings. The van der Waals surface area contributed by atoms with Crippen molar-refractivity contribution in [1.82, 2.24) is 0 Å². The van der Waals surface area contributed by atoms with Crippen LogP contribution in [0, 0.1) is 0 Å². The monoisotopic (exact) mass is 411 g/mol. The molecule has 2 heterocycles. The molecule has 1 atom stereocenters. The lowest BCUT2D eigenvalue weighted by Gasteiger charge is -2.24. The van der Waals surface area contributed by atoms with Crippen molar-refractivity contribution in [1.29, 1.82) is 0 Å². The molecule has 158 valence electrons. The van der Waals surface area contributed by atoms with E-state index < -0.39 is 5.72 Å². The maximum Gasteiger partial charge on any atom is 0.271 e. The standard InChI is InChI=1S/C28H31N2O/c1-2-22-12-18-26(19-13-22)29-21-28(31,30-20-8-4-7-11-27(29)30)25-16-14-24(15-17-25)23-9-5-3-6-10-23/h3,5-6,9-10,12-19,31H,2,4,7-8,11,20-21H2,1H3/q+1/t28-/m1/s1. The van der Waals surface area contributed by atoms with Crippen molar-refractivity contribution in [2.45, 2.75) is 44.8 Å². The molecule has 0 bridgehead atoms. The summed E-state index contributed by atoms with van der Waals surface area (Å²) in [6, 6.07) is 27.7. The van der Waals surface area contributed by atoms with Crippen LogP contribution in [-0.2, 0) is 12.1 Å². The molecular weight excluding hydrogens is 380 g/mol. The van der Waals surface area contributed by atoms with Crippen molar-refractivity contribution < 1.29 is 9.68 Å². The van der Waals surface area contributed by atoms with Crippen LogP contribution in [0.1, 0.15) is 43.7 Å². The van der Waals surface area contributed by atoms with Gasteiger partial charge in [-0.3, -0.25) is 0 Å². The molecule has 0 aromatic heterocycles. The van der Waals surface area contributed by atoms with E-state index in [2.05, 4.69) is 89.2 Å². The number of aryl methyl sites for hydroxylation is 1. The van der Waals surface area contributed by atoms with Crippen LogP contribution in [0.2, 0.25) is 0 Å². The summed E-state index contributed by atoms with van der Waals surface area (Å²) in [5.74, 6) is 1.26. The van der Waals surface area contributed by atoms with Crippen LogP contribution in [0.4, 0.5) is 5.69 Å². The molecule has 3 nitrogen and oxygen atoms in total. The van der Waals surface area contributed by atoms with E-state index in [0.29, 0.717) is 6.54 Å². The average molecular weight is 412 g/mol. The molecule has 1 N–H and O–H groups in total. The van der Waals surface area contributed by atoms with E-state index in [4.69, 9.17) is 0 Å². The topological polar surface area (TPSA) is 26.5 Å². The Morgan fingerprint density at radius 1 is 0.839 bits per heavy atom. The minimum atomic E-state index is -1.00. The first kappa shape index (κ1) is 20.0. The zero-order valence-electron chi connectivity index (χ0n) is 18.3. The number of amidine groups is 1. The van der Waals surface area contributed by atoms with Crippen molar-refractivity contribution in [3.8, 4) is 11.1 Å². The highest BCUT2D eigenvalue weighted by molar-refractivity contribution is 5.96. The highest BCUT2D eigenvalue weighted by Gasteiger charge is 2.51. The third-order valence-corrected chi connectivity index (χ3v) is 6.84. The molecule has 5 rings (SSSR count). The molecule has 0 saturated heterocycles. The Morgan fingerprint density at radius 2 is 1.55 bits per heavy atom. The van der Waals surface area contributed by atoms with E-state index in [-0.39, 0.29) is 0 Å². The van der Waals surface area contributed by atoms with Gasteiger partial charge in [0, 0.05) is 12.0 Å². The van der Waals surface area contributed by atoms with Crippen LogP contribution in [0.25, 0.3) is 11.1 Å². The van der Waals surface area contributed by atoms with Crippen molar-refractivity contribution in [2.24, 2.45) is 0 Å². The van der Waals surface area contributed by atoms with Gasteiger partial charge < -0.3 is 5.11 Å². The Balaban J connectivity index is 1.52. The zero-order valence-corrected chi connectivity index (χ0v) is 18.3. The number of hydrogen-bond acceptors (Lipinski definition) is 2. The first-order chi connectivity index (χ1) is 15.2. The molecule has 0 aliphatic carbocycles. The van der Waals surface area contributed by atoms with Gasteiger partial charge in [-0.15, -0.1) is 0 Å². The van der Waals surface area contributed by atoms with E-state index in [9.17, 15) is 5.11 Å². The van der Waals surface area contributed by atoms with Gasteiger partial charge in [0.25, 0.3) is 11.6 Å². The molecule has 31 heavy (non-hydrogen) atoms. The van der Waals surface area contributed by atoms with Crippen molar-refractivity contribution in [3.05, 3.63) is 90.0 Å². The molecule has 3 aromatic rings. The minimum Gasteiger partial charge on any atom is -0.346 e. The minimum absolute atomic E-state index is 0.568. The maximum atomic E-state index is 12.0. The predicted octanol–water partition coefficient (Wildman–Crippen LogP) is 5.57. The van der Waals surface area contributed by atoms with E-state index in [1.807, 2.05) is 6.07 Å². The third-order valence-electron chi connectivity index (χ3n) is 6.84. The Bertz CT molecular complexity index is 1070. The lowest BCUT2D eigenvalue weighted by Crippen LogP contribution is -2.41. The van der Waals surface area contributed by atoms with Crippen LogP contribution in [0.3, 0.4) is 0 Å². The number of hydrogen-bond donors (Lipinski definition) is 1. The first-order valence-corrected chi connectivity index (χ1v) is 11.6. The van der Waals surface area contributed by atoms with Crippen molar-refractivity contribution in [3.63, 3.8) is 0 Å². The van der Waals surface area contributed by atoms with Gasteiger partial charge in [-0.05, 0) is 54.5 Å². The van der Waals surface area contributed by atoms with Crippen molar-refractivity contribution in [2.75, 3.05) is 18.0 Å². The molecule has 0 amide bonds. The number of anilines is 1. The lowest BCUT2D eigenvalue weighted by molar-refractivity contribution is -0.658. The second kappa shape index (κ2) is 8.32. The normalized spacial score (nSPS) is 21.2. The number of nitrogens with zero attached hydrogens (tertiary/aromatic N) is 2. The van der Waals surface area contributed by atoms with Crippen LogP contribution >= 0.6 is 0 Å². The first-order valence-electron chi connectivity index (χ1n) is 11.6. The lowest BCUT2D eigenvalue weighted by atomic mass is 9.98. The summed E-state index contributed by atoms with van der Waals surface area (Å²) < 4.78 is 2.27. The molecule has 0 radical (unpaired) electrons. The summed E-state index contributed by atoms with van der Waals surface area (Å²) in [7, 11) is 0. The molecule has 2 aliphatic heterocycles. The SMILES string of the molecule is CCc1ccc(N2C[C@@](O)(c3ccc(-c4ccccc4)cc3)[N+]3=C2CCCCC3)cc1. The summed E-state index contributed by atoms with van der Waals surface area (Å²) in [4.78, 5) is 2.34. The van der Waals surface area contributed by atoms with E-state index in [1.165, 1.54) is 41.1 Å². The van der Waals surface area contributed by atoms with Crippen LogP contribution in [-0.4, -0.2) is 28.6 Å². The predicted molar refractivity (Wildman–Crippen MR) is 128 cm³/mol. The Kier molecular flexibility index (Phi) is 5.37. The summed E-state index contributed by atoms with van der Waals surface area (Å²) >= 11 is 0. The van der Waals surface area contributed by atoms with Crippen LogP contribution < -0.4 is 4.90 Å². The Labute approximate surface area is 185 Å². The largest absolute Gasteiger partial charge is 0.346 e. The number of aliphatic hydroxyl groups is 1. The molecule has 0 saturated carbocycles. The van der Waals surface area contributed by atoms with Gasteiger partial charge in [-0.1, -0.05) is 73.7 Å². The summed E-state index contributed by atoms with van der Waals surface area (Å²) in [6.07, 6.45) is 5.57. The Hall–Kier alpha value is -2.91. The van der Waals surface area contributed by atoms with Gasteiger partial charge in [0.2, 0.25) is 0 Å². The van der Waals surface area contributed by atoms with Gasteiger partial charge >= 0.3 is 0 Å². The fraction of sp³-hybridized carbons (Fsp3) is 0.321. The summed E-state index contributed by atoms with van der Waals surface area (Å²) in [5.41, 5.74) is 4.87. The Morgan fingerprint density at radius 3 is 2.26 bits per heavy atom. The van der Waals surface area contributed by atoms with E-state index in [1.54, 1.807) is 0 Å². The number of benzene rings is 3. The average Bonchev–Trinajstić information content (AvgIpc) is 2.97. The zero-order chi connectivity index (χ0) is 21.3. The number of rotatable bonds is 4. The van der Waals surface area contributed by atoms with Crippen molar-refractivity contribution >= 4 is 11.5 Å². The highest BCUT2D eigenvalue weighted by atomic mass is 16.3. The second-order valence-corrected chi connectivity index (χ2v) is 8.74. The summed E-state index contributed by atoms with van der Waals surface area (Å²) in [5, 5.41) is 12.0. The van der Waals surface area contributed by atoms with Gasteiger partial charge in [0.15, 0.2) is 6.54 Å². The molecular formula is C28H31N2O+. The second-order valence-electron chi connectivity index (χ2n) is 8.74. The molecule has 0 spiro atoms. The van der Waals surface area contributed by atoms with Gasteiger partial charge in [0.05, 0.1) is 6.54 Å². The maximum absolute atomic E-state index is 12.0. The smallest absolute Gasteiger partial charge is 0.271 e. The molecule has 3 heteroatoms. The van der Waals surface area contributed by atoms with Gasteiger partial charge in [-0.2, -0.15) is 0 Å². The third kappa shape index (κ3) is 3.68. The van der Waals surface area contributed by atoms with Gasteiger partial charge in [-0.25, -0.2) is 9.48 Å². The molecule has 3 aromatic carbocycles. The quantitative estimate of drug-likeness (QED) is 0.569. The van der Waals surface area contributed by atoms with Gasteiger partial charge in [0.1, 0.15) is 5.69 Å². The van der Waals surface area contributed by atoms with Crippen LogP contribution in [0.15, 0.2) is 78.9 Å².